The lowest BCUT2D eigenvalue weighted by Gasteiger charge is -2.14. The van der Waals surface area contributed by atoms with Gasteiger partial charge in [-0.05, 0) is 38.2 Å². The Hall–Kier alpha value is -1.62. The molecule has 2 aromatic rings. The van der Waals surface area contributed by atoms with E-state index in [4.69, 9.17) is 0 Å². The summed E-state index contributed by atoms with van der Waals surface area (Å²) in [5, 5.41) is 3.46. The van der Waals surface area contributed by atoms with Crippen LogP contribution in [0.3, 0.4) is 0 Å². The van der Waals surface area contributed by atoms with Crippen LogP contribution in [-0.4, -0.2) is 32.5 Å². The highest BCUT2D eigenvalue weighted by Crippen LogP contribution is 2.46. The van der Waals surface area contributed by atoms with Gasteiger partial charge in [0, 0.05) is 41.0 Å². The van der Waals surface area contributed by atoms with Crippen molar-refractivity contribution >= 4 is 17.6 Å². The predicted molar refractivity (Wildman–Crippen MR) is 84.0 cm³/mol. The summed E-state index contributed by atoms with van der Waals surface area (Å²) in [6.07, 6.45) is 8.30. The van der Waals surface area contributed by atoms with Crippen LogP contribution in [0.4, 0.5) is 5.82 Å². The Labute approximate surface area is 123 Å². The van der Waals surface area contributed by atoms with Crippen LogP contribution in [0.5, 0.6) is 0 Å². The van der Waals surface area contributed by atoms with Gasteiger partial charge in [0.25, 0.3) is 0 Å². The van der Waals surface area contributed by atoms with Crippen molar-refractivity contribution in [2.75, 3.05) is 18.1 Å². The molecule has 0 radical (unpaired) electrons. The molecule has 4 nitrogen and oxygen atoms in total. The minimum absolute atomic E-state index is 0.426. The number of pyridine rings is 1. The highest BCUT2D eigenvalue weighted by atomic mass is 32.2. The molecule has 0 saturated heterocycles. The van der Waals surface area contributed by atoms with Gasteiger partial charge in [0.2, 0.25) is 0 Å². The van der Waals surface area contributed by atoms with Gasteiger partial charge in [-0.15, -0.1) is 0 Å². The number of aromatic nitrogens is 3. The van der Waals surface area contributed by atoms with Crippen molar-refractivity contribution in [3.05, 3.63) is 36.3 Å². The zero-order valence-corrected chi connectivity index (χ0v) is 12.6. The first-order valence-electron chi connectivity index (χ1n) is 6.76. The highest BCUT2D eigenvalue weighted by Gasteiger charge is 2.41. The largest absolute Gasteiger partial charge is 0.369 e. The summed E-state index contributed by atoms with van der Waals surface area (Å²) in [5.41, 5.74) is 1.97. The van der Waals surface area contributed by atoms with Crippen molar-refractivity contribution in [3.8, 4) is 11.4 Å². The second-order valence-electron chi connectivity index (χ2n) is 5.19. The molecular weight excluding hydrogens is 268 g/mol. The van der Waals surface area contributed by atoms with E-state index in [2.05, 4.69) is 26.5 Å². The molecule has 1 saturated carbocycles. The number of rotatable bonds is 5. The first-order chi connectivity index (χ1) is 9.71. The standard InChI is InChI=1S/C15H18N4S/c1-11-9-13(17-10-15(20-2)5-6-15)19-14(18-11)12-3-7-16-8-4-12/h3-4,7-9H,5-6,10H2,1-2H3,(H,17,18,19). The molecular formula is C15H18N4S. The van der Waals surface area contributed by atoms with Crippen LogP contribution in [0, 0.1) is 6.92 Å². The van der Waals surface area contributed by atoms with E-state index < -0.39 is 0 Å². The molecule has 0 amide bonds. The minimum Gasteiger partial charge on any atom is -0.369 e. The van der Waals surface area contributed by atoms with Crippen LogP contribution in [0.2, 0.25) is 0 Å². The monoisotopic (exact) mass is 286 g/mol. The third-order valence-corrected chi connectivity index (χ3v) is 5.04. The smallest absolute Gasteiger partial charge is 0.161 e. The summed E-state index contributed by atoms with van der Waals surface area (Å²) >= 11 is 1.95. The molecule has 2 heterocycles. The van der Waals surface area contributed by atoms with Gasteiger partial charge in [0.1, 0.15) is 5.82 Å². The van der Waals surface area contributed by atoms with E-state index in [9.17, 15) is 0 Å². The topological polar surface area (TPSA) is 50.7 Å². The van der Waals surface area contributed by atoms with E-state index in [1.165, 1.54) is 12.8 Å². The Morgan fingerprint density at radius 2 is 2.00 bits per heavy atom. The van der Waals surface area contributed by atoms with Crippen molar-refractivity contribution < 1.29 is 0 Å². The van der Waals surface area contributed by atoms with E-state index in [1.54, 1.807) is 12.4 Å². The molecule has 1 N–H and O–H groups in total. The maximum atomic E-state index is 4.61. The number of nitrogens with zero attached hydrogens (tertiary/aromatic N) is 3. The van der Waals surface area contributed by atoms with Crippen molar-refractivity contribution in [1.82, 2.24) is 15.0 Å². The molecule has 3 rings (SSSR count). The molecule has 0 unspecified atom stereocenters. The fraction of sp³-hybridized carbons (Fsp3) is 0.400. The Balaban J connectivity index is 1.80. The van der Waals surface area contributed by atoms with Gasteiger partial charge < -0.3 is 5.32 Å². The quantitative estimate of drug-likeness (QED) is 0.915. The molecule has 1 aliphatic rings. The van der Waals surface area contributed by atoms with E-state index in [0.717, 1.165) is 29.4 Å². The summed E-state index contributed by atoms with van der Waals surface area (Å²) in [5.74, 6) is 1.66. The molecule has 2 aromatic heterocycles. The van der Waals surface area contributed by atoms with Gasteiger partial charge in [-0.2, -0.15) is 11.8 Å². The Morgan fingerprint density at radius 3 is 2.65 bits per heavy atom. The fourth-order valence-electron chi connectivity index (χ4n) is 2.13. The van der Waals surface area contributed by atoms with Gasteiger partial charge in [-0.25, -0.2) is 9.97 Å². The van der Waals surface area contributed by atoms with Crippen molar-refractivity contribution in [1.29, 1.82) is 0 Å². The van der Waals surface area contributed by atoms with Crippen molar-refractivity contribution in [2.45, 2.75) is 24.5 Å². The first kappa shape index (κ1) is 13.4. The molecule has 1 aliphatic carbocycles. The maximum Gasteiger partial charge on any atom is 0.161 e. The fourth-order valence-corrected chi connectivity index (χ4v) is 2.86. The van der Waals surface area contributed by atoms with Crippen LogP contribution in [0.15, 0.2) is 30.6 Å². The molecule has 1 fully saturated rings. The summed E-state index contributed by atoms with van der Waals surface area (Å²) < 4.78 is 0.426. The third-order valence-electron chi connectivity index (χ3n) is 3.63. The zero-order valence-electron chi connectivity index (χ0n) is 11.8. The van der Waals surface area contributed by atoms with Crippen molar-refractivity contribution in [2.24, 2.45) is 0 Å². The van der Waals surface area contributed by atoms with Crippen LogP contribution in [0.1, 0.15) is 18.5 Å². The maximum absolute atomic E-state index is 4.61. The SMILES string of the molecule is CSC1(CNc2cc(C)nc(-c3ccncc3)n2)CC1. The molecule has 0 spiro atoms. The zero-order chi connectivity index (χ0) is 14.0. The van der Waals surface area contributed by atoms with Gasteiger partial charge >= 0.3 is 0 Å². The number of nitrogens with one attached hydrogen (secondary N) is 1. The molecule has 0 atom stereocenters. The molecule has 5 heteroatoms. The second kappa shape index (κ2) is 5.40. The highest BCUT2D eigenvalue weighted by molar-refractivity contribution is 8.00. The first-order valence-corrected chi connectivity index (χ1v) is 7.98. The van der Waals surface area contributed by atoms with E-state index >= 15 is 0 Å². The second-order valence-corrected chi connectivity index (χ2v) is 6.47. The number of hydrogen-bond donors (Lipinski definition) is 1. The Morgan fingerprint density at radius 1 is 1.25 bits per heavy atom. The molecule has 104 valence electrons. The third kappa shape index (κ3) is 2.93. The summed E-state index contributed by atoms with van der Waals surface area (Å²) in [6, 6.07) is 5.87. The normalized spacial score (nSPS) is 15.9. The van der Waals surface area contributed by atoms with Gasteiger partial charge in [-0.1, -0.05) is 0 Å². The van der Waals surface area contributed by atoms with E-state index in [0.29, 0.717) is 4.75 Å². The number of aryl methyl sites for hydroxylation is 1. The van der Waals surface area contributed by atoms with Gasteiger partial charge in [-0.3, -0.25) is 4.98 Å². The number of thioether (sulfide) groups is 1. The number of anilines is 1. The van der Waals surface area contributed by atoms with Crippen LogP contribution >= 0.6 is 11.8 Å². The molecule has 20 heavy (non-hydrogen) atoms. The van der Waals surface area contributed by atoms with Crippen molar-refractivity contribution in [3.63, 3.8) is 0 Å². The van der Waals surface area contributed by atoms with Crippen LogP contribution in [0.25, 0.3) is 11.4 Å². The lowest BCUT2D eigenvalue weighted by molar-refractivity contribution is 0.935. The molecule has 0 aromatic carbocycles. The lowest BCUT2D eigenvalue weighted by atomic mass is 10.2. The Kier molecular flexibility index (Phi) is 3.61. The van der Waals surface area contributed by atoms with Gasteiger partial charge in [0.15, 0.2) is 5.82 Å². The average molecular weight is 286 g/mol. The predicted octanol–water partition coefficient (Wildman–Crippen LogP) is 3.15. The lowest BCUT2D eigenvalue weighted by Crippen LogP contribution is -2.18. The average Bonchev–Trinajstić information content (AvgIpc) is 3.26. The van der Waals surface area contributed by atoms with E-state index in [1.807, 2.05) is 36.9 Å². The molecule has 0 bridgehead atoms. The number of hydrogen-bond acceptors (Lipinski definition) is 5. The summed E-state index contributed by atoms with van der Waals surface area (Å²) in [7, 11) is 0. The van der Waals surface area contributed by atoms with Gasteiger partial charge in [0.05, 0.1) is 0 Å². The van der Waals surface area contributed by atoms with E-state index in [-0.39, 0.29) is 0 Å². The van der Waals surface area contributed by atoms with Crippen LogP contribution < -0.4 is 5.32 Å². The Bertz CT molecular complexity index is 596. The summed E-state index contributed by atoms with van der Waals surface area (Å²) in [4.78, 5) is 13.1. The van der Waals surface area contributed by atoms with Crippen LogP contribution in [-0.2, 0) is 0 Å². The summed E-state index contributed by atoms with van der Waals surface area (Å²) in [6.45, 7) is 2.97. The molecule has 0 aliphatic heterocycles. The minimum atomic E-state index is 0.426.